The average molecular weight is 348 g/mol. The van der Waals surface area contributed by atoms with Gasteiger partial charge < -0.3 is 20.3 Å². The molecule has 0 unspecified atom stereocenters. The third-order valence-corrected chi connectivity index (χ3v) is 5.72. The Bertz CT molecular complexity index is 758. The molecule has 2 aliphatic rings. The molecule has 24 heavy (non-hydrogen) atoms. The van der Waals surface area contributed by atoms with Crippen molar-refractivity contribution >= 4 is 27.5 Å². The Morgan fingerprint density at radius 2 is 2.25 bits per heavy atom. The Hall–Kier alpha value is -1.54. The average Bonchev–Trinajstić information content (AvgIpc) is 3.19. The normalized spacial score (nSPS) is 26.8. The van der Waals surface area contributed by atoms with Gasteiger partial charge in [-0.15, -0.1) is 11.3 Å². The van der Waals surface area contributed by atoms with E-state index in [1.165, 1.54) is 24.2 Å². The lowest BCUT2D eigenvalue weighted by molar-refractivity contribution is -0.0225. The van der Waals surface area contributed by atoms with E-state index in [1.807, 2.05) is 12.1 Å². The van der Waals surface area contributed by atoms with E-state index in [9.17, 15) is 15.0 Å². The molecule has 1 aromatic carbocycles. The van der Waals surface area contributed by atoms with E-state index < -0.39 is 12.2 Å². The van der Waals surface area contributed by atoms with Crippen LogP contribution in [0.1, 0.15) is 40.7 Å². The molecule has 6 nitrogen and oxygen atoms in total. The summed E-state index contributed by atoms with van der Waals surface area (Å²) in [7, 11) is 0. The number of nitrogens with one attached hydrogen (secondary N) is 1. The number of nitrogens with zero attached hydrogens (tertiary/aromatic N) is 1. The van der Waals surface area contributed by atoms with Crippen LogP contribution in [0, 0.1) is 5.92 Å². The predicted octanol–water partition coefficient (Wildman–Crippen LogP) is 1.62. The van der Waals surface area contributed by atoms with Crippen LogP contribution in [-0.4, -0.2) is 46.5 Å². The van der Waals surface area contributed by atoms with Crippen LogP contribution in [0.25, 0.3) is 10.2 Å². The number of fused-ring (bicyclic) bond motifs is 1. The van der Waals surface area contributed by atoms with Crippen molar-refractivity contribution in [1.29, 1.82) is 0 Å². The summed E-state index contributed by atoms with van der Waals surface area (Å²) < 4.78 is 6.64. The highest BCUT2D eigenvalue weighted by atomic mass is 32.1. The van der Waals surface area contributed by atoms with Crippen LogP contribution in [0.5, 0.6) is 0 Å². The standard InChI is InChI=1S/C17H20N2O4S/c20-8-14-12(21)6-13(23-14)17-19-11-5-10(3-4-15(11)24-17)16(22)18-7-9-1-2-9/h3-5,9,12-14,20-21H,1-2,6-8H2,(H,18,22)/t12-,13+,14+/m0/s1. The number of ether oxygens (including phenoxy) is 1. The summed E-state index contributed by atoms with van der Waals surface area (Å²) in [5.74, 6) is 0.584. The van der Waals surface area contributed by atoms with Crippen molar-refractivity contribution in [2.24, 2.45) is 5.92 Å². The van der Waals surface area contributed by atoms with Crippen molar-refractivity contribution < 1.29 is 19.7 Å². The van der Waals surface area contributed by atoms with Crippen molar-refractivity contribution in [2.75, 3.05) is 13.2 Å². The summed E-state index contributed by atoms with van der Waals surface area (Å²) in [6.45, 7) is 0.545. The van der Waals surface area contributed by atoms with Crippen molar-refractivity contribution in [3.8, 4) is 0 Å². The first-order valence-electron chi connectivity index (χ1n) is 8.27. The first-order chi connectivity index (χ1) is 11.6. The van der Waals surface area contributed by atoms with E-state index in [4.69, 9.17) is 4.74 Å². The maximum atomic E-state index is 12.2. The first-order valence-corrected chi connectivity index (χ1v) is 9.08. The highest BCUT2D eigenvalue weighted by molar-refractivity contribution is 7.18. The predicted molar refractivity (Wildman–Crippen MR) is 90.0 cm³/mol. The van der Waals surface area contributed by atoms with Crippen LogP contribution in [0.3, 0.4) is 0 Å². The topological polar surface area (TPSA) is 91.7 Å². The second kappa shape index (κ2) is 6.40. The number of benzene rings is 1. The van der Waals surface area contributed by atoms with Gasteiger partial charge in [-0.3, -0.25) is 4.79 Å². The molecule has 2 fully saturated rings. The molecule has 0 spiro atoms. The lowest BCUT2D eigenvalue weighted by Crippen LogP contribution is -2.25. The summed E-state index contributed by atoms with van der Waals surface area (Å²) >= 11 is 1.50. The van der Waals surface area contributed by atoms with Gasteiger partial charge in [0.2, 0.25) is 0 Å². The molecule has 7 heteroatoms. The number of aromatic nitrogens is 1. The lowest BCUT2D eigenvalue weighted by atomic mass is 10.1. The SMILES string of the molecule is O=C(NCC1CC1)c1ccc2sc([C@H]3C[C@H](O)[C@@H](CO)O3)nc2c1. The third-order valence-electron chi connectivity index (χ3n) is 4.59. The number of aliphatic hydroxyl groups is 2. The molecular weight excluding hydrogens is 328 g/mol. The maximum Gasteiger partial charge on any atom is 0.251 e. The Morgan fingerprint density at radius 1 is 1.42 bits per heavy atom. The molecule has 4 rings (SSSR count). The van der Waals surface area contributed by atoms with E-state index in [2.05, 4.69) is 10.3 Å². The summed E-state index contributed by atoms with van der Waals surface area (Å²) in [6.07, 6.45) is 1.32. The number of hydrogen-bond acceptors (Lipinski definition) is 6. The Morgan fingerprint density at radius 3 is 2.96 bits per heavy atom. The Balaban J connectivity index is 1.51. The minimum atomic E-state index is -0.671. The van der Waals surface area contributed by atoms with Crippen LogP contribution in [0.15, 0.2) is 18.2 Å². The van der Waals surface area contributed by atoms with Gasteiger partial charge in [0.25, 0.3) is 5.91 Å². The molecule has 1 aliphatic carbocycles. The van der Waals surface area contributed by atoms with Crippen molar-refractivity contribution in [1.82, 2.24) is 10.3 Å². The molecule has 1 aliphatic heterocycles. The van der Waals surface area contributed by atoms with Crippen LogP contribution in [-0.2, 0) is 4.74 Å². The second-order valence-electron chi connectivity index (χ2n) is 6.54. The van der Waals surface area contributed by atoms with Crippen LogP contribution in [0.2, 0.25) is 0 Å². The van der Waals surface area contributed by atoms with Gasteiger partial charge in [-0.2, -0.15) is 0 Å². The van der Waals surface area contributed by atoms with Gasteiger partial charge in [-0.25, -0.2) is 4.98 Å². The molecule has 1 amide bonds. The minimum Gasteiger partial charge on any atom is -0.394 e. The minimum absolute atomic E-state index is 0.0637. The summed E-state index contributed by atoms with van der Waals surface area (Å²) in [4.78, 5) is 16.8. The summed E-state index contributed by atoms with van der Waals surface area (Å²) in [6, 6.07) is 5.51. The van der Waals surface area contributed by atoms with Crippen LogP contribution >= 0.6 is 11.3 Å². The second-order valence-corrected chi connectivity index (χ2v) is 7.60. The first kappa shape index (κ1) is 16.0. The Kier molecular flexibility index (Phi) is 4.26. The van der Waals surface area contributed by atoms with Gasteiger partial charge in [-0.1, -0.05) is 0 Å². The summed E-state index contributed by atoms with van der Waals surface area (Å²) in [5, 5.41) is 22.8. The van der Waals surface area contributed by atoms with Crippen molar-refractivity contribution in [2.45, 2.75) is 37.6 Å². The number of hydrogen-bond donors (Lipinski definition) is 3. The Labute approximate surface area is 143 Å². The van der Waals surface area contributed by atoms with E-state index in [0.29, 0.717) is 17.9 Å². The molecule has 0 bridgehead atoms. The van der Waals surface area contributed by atoms with Crippen molar-refractivity contribution in [3.05, 3.63) is 28.8 Å². The van der Waals surface area contributed by atoms with Crippen molar-refractivity contribution in [3.63, 3.8) is 0 Å². The smallest absolute Gasteiger partial charge is 0.251 e. The van der Waals surface area contributed by atoms with Gasteiger partial charge in [0.1, 0.15) is 17.2 Å². The third kappa shape index (κ3) is 3.17. The van der Waals surface area contributed by atoms with Crippen LogP contribution in [0.4, 0.5) is 0 Å². The number of rotatable bonds is 5. The fourth-order valence-electron chi connectivity index (χ4n) is 2.94. The van der Waals surface area contributed by atoms with Gasteiger partial charge in [-0.05, 0) is 37.0 Å². The molecule has 128 valence electrons. The number of carbonyl (C=O) groups is 1. The number of amides is 1. The molecule has 0 radical (unpaired) electrons. The van der Waals surface area contributed by atoms with Crippen LogP contribution < -0.4 is 5.32 Å². The molecule has 3 N–H and O–H groups in total. The summed E-state index contributed by atoms with van der Waals surface area (Å²) in [5.41, 5.74) is 1.38. The quantitative estimate of drug-likeness (QED) is 0.764. The fraction of sp³-hybridized carbons (Fsp3) is 0.529. The van der Waals surface area contributed by atoms with Gasteiger partial charge >= 0.3 is 0 Å². The zero-order valence-corrected chi connectivity index (χ0v) is 14.0. The largest absolute Gasteiger partial charge is 0.394 e. The van der Waals surface area contributed by atoms with Gasteiger partial charge in [0.15, 0.2) is 0 Å². The molecule has 3 atom stereocenters. The molecule has 1 saturated carbocycles. The number of thiazole rings is 1. The van der Waals surface area contributed by atoms with Gasteiger partial charge in [0.05, 0.1) is 22.9 Å². The molecule has 1 aromatic heterocycles. The molecule has 2 heterocycles. The molecular formula is C17H20N2O4S. The van der Waals surface area contributed by atoms with E-state index >= 15 is 0 Å². The zero-order chi connectivity index (χ0) is 16.7. The zero-order valence-electron chi connectivity index (χ0n) is 13.1. The number of aliphatic hydroxyl groups excluding tert-OH is 2. The fourth-order valence-corrected chi connectivity index (χ4v) is 3.94. The highest BCUT2D eigenvalue weighted by Gasteiger charge is 2.36. The lowest BCUT2D eigenvalue weighted by Gasteiger charge is -2.09. The van der Waals surface area contributed by atoms with E-state index in [1.54, 1.807) is 6.07 Å². The number of carbonyl (C=O) groups excluding carboxylic acids is 1. The van der Waals surface area contributed by atoms with E-state index in [-0.39, 0.29) is 18.6 Å². The molecule has 2 aromatic rings. The van der Waals surface area contributed by atoms with E-state index in [0.717, 1.165) is 21.8 Å². The highest BCUT2D eigenvalue weighted by Crippen LogP contribution is 2.37. The monoisotopic (exact) mass is 348 g/mol. The molecule has 1 saturated heterocycles. The van der Waals surface area contributed by atoms with Gasteiger partial charge in [0, 0.05) is 18.5 Å². The maximum absolute atomic E-state index is 12.2.